The first-order valence-corrected chi connectivity index (χ1v) is 16.0. The molecule has 2 saturated carbocycles. The highest BCUT2D eigenvalue weighted by atomic mass is 35.5. The van der Waals surface area contributed by atoms with E-state index in [9.17, 15) is 71.1 Å². The van der Waals surface area contributed by atoms with E-state index in [0.717, 1.165) is 13.8 Å². The topological polar surface area (TPSA) is 52.6 Å². The molecule has 0 amide bonds. The summed E-state index contributed by atoms with van der Waals surface area (Å²) in [6.07, 6.45) is -8.23. The number of ether oxygens (including phenoxy) is 2. The van der Waals surface area contributed by atoms with E-state index in [1.165, 1.54) is 27.7 Å². The Morgan fingerprint density at radius 1 is 0.556 bits per heavy atom. The molecule has 0 unspecified atom stereocenters. The number of alkyl halides is 6. The van der Waals surface area contributed by atoms with Gasteiger partial charge in [-0.1, -0.05) is 63.0 Å². The Morgan fingerprint density at radius 2 is 0.796 bits per heavy atom. The molecule has 0 N–H and O–H groups in total. The zero-order valence-electron chi connectivity index (χ0n) is 28.6. The number of carbonyl (C=O) groups is 2. The molecule has 0 radical (unpaired) electrons. The fourth-order valence-corrected chi connectivity index (χ4v) is 5.95. The lowest BCUT2D eigenvalue weighted by Gasteiger charge is -2.11. The maximum absolute atomic E-state index is 13.8. The summed E-state index contributed by atoms with van der Waals surface area (Å²) in [4.78, 5) is 24.2. The van der Waals surface area contributed by atoms with Crippen LogP contribution in [0.1, 0.15) is 49.9 Å². The van der Waals surface area contributed by atoms with Crippen molar-refractivity contribution in [2.75, 3.05) is 0 Å². The van der Waals surface area contributed by atoms with Gasteiger partial charge < -0.3 is 9.47 Å². The summed E-state index contributed by atoms with van der Waals surface area (Å²) in [5.74, 6) is -19.4. The molecule has 2 fully saturated rings. The van der Waals surface area contributed by atoms with Crippen molar-refractivity contribution >= 4 is 35.1 Å². The highest BCUT2D eigenvalue weighted by Crippen LogP contribution is 2.61. The van der Waals surface area contributed by atoms with E-state index in [0.29, 0.717) is 12.2 Å². The summed E-state index contributed by atoms with van der Waals surface area (Å²) in [7, 11) is 0. The first kappa shape index (κ1) is 44.9. The molecule has 0 saturated heterocycles. The lowest BCUT2D eigenvalue weighted by atomic mass is 10.1. The molecule has 0 aromatic heterocycles. The number of halogens is 16. The Bertz CT molecular complexity index is 1710. The van der Waals surface area contributed by atoms with Crippen LogP contribution < -0.4 is 0 Å². The van der Waals surface area contributed by atoms with Crippen molar-refractivity contribution in [3.05, 3.63) is 91.0 Å². The third-order valence-electron chi connectivity index (χ3n) is 9.39. The summed E-state index contributed by atoms with van der Waals surface area (Å²) in [5, 5.41) is -2.81. The molecule has 4 nitrogen and oxygen atoms in total. The number of rotatable bonds is 8. The van der Waals surface area contributed by atoms with Crippen LogP contribution in [0.5, 0.6) is 0 Å². The van der Waals surface area contributed by atoms with Crippen molar-refractivity contribution in [1.82, 2.24) is 0 Å². The Labute approximate surface area is 308 Å². The minimum Gasteiger partial charge on any atom is -0.460 e. The summed E-state index contributed by atoms with van der Waals surface area (Å²) >= 11 is 10.3. The summed E-state index contributed by atoms with van der Waals surface area (Å²) < 4.78 is 194. The second kappa shape index (κ2) is 15.5. The van der Waals surface area contributed by atoms with E-state index >= 15 is 0 Å². The van der Waals surface area contributed by atoms with Crippen molar-refractivity contribution in [2.24, 2.45) is 34.5 Å². The van der Waals surface area contributed by atoms with Gasteiger partial charge in [0.25, 0.3) is 0 Å². The number of allylic oxidation sites excluding steroid dienone is 4. The molecular formula is C34H28Cl2F14O4. The first-order valence-electron chi connectivity index (χ1n) is 15.3. The van der Waals surface area contributed by atoms with Crippen LogP contribution in [0.4, 0.5) is 61.5 Å². The Hall–Kier alpha value is -3.54. The fourth-order valence-electron chi connectivity index (χ4n) is 5.68. The summed E-state index contributed by atoms with van der Waals surface area (Å²) in [6, 6.07) is 0. The molecule has 2 aromatic rings. The maximum atomic E-state index is 13.8. The van der Waals surface area contributed by atoms with Crippen molar-refractivity contribution in [2.45, 2.75) is 67.1 Å². The van der Waals surface area contributed by atoms with E-state index in [1.54, 1.807) is 0 Å². The van der Waals surface area contributed by atoms with Gasteiger partial charge in [-0.3, -0.25) is 9.59 Å². The van der Waals surface area contributed by atoms with Gasteiger partial charge in [-0.2, -0.15) is 26.3 Å². The van der Waals surface area contributed by atoms with Gasteiger partial charge in [-0.05, 0) is 36.5 Å². The third-order valence-corrected chi connectivity index (χ3v) is 10.1. The van der Waals surface area contributed by atoms with Crippen LogP contribution >= 0.6 is 23.2 Å². The molecule has 300 valence electrons. The number of hydrogen-bond donors (Lipinski definition) is 0. The molecular weight excluding hydrogens is 809 g/mol. The molecule has 0 aliphatic heterocycles. The average Bonchev–Trinajstić information content (AvgIpc) is 3.83. The smallest absolute Gasteiger partial charge is 0.426 e. The maximum Gasteiger partial charge on any atom is 0.426 e. The Kier molecular flexibility index (Phi) is 12.9. The number of carbonyl (C=O) groups excluding carboxylic acids is 2. The van der Waals surface area contributed by atoms with Gasteiger partial charge in [0.2, 0.25) is 0 Å². The van der Waals surface area contributed by atoms with Crippen molar-refractivity contribution in [3.8, 4) is 0 Å². The summed E-state index contributed by atoms with van der Waals surface area (Å²) in [6.45, 7) is 5.36. The van der Waals surface area contributed by atoms with E-state index in [2.05, 4.69) is 0 Å². The van der Waals surface area contributed by atoms with Crippen LogP contribution in [0.15, 0.2) is 22.2 Å². The van der Waals surface area contributed by atoms with Crippen LogP contribution in [-0.4, -0.2) is 24.3 Å². The van der Waals surface area contributed by atoms with Crippen molar-refractivity contribution < 1.29 is 80.5 Å². The van der Waals surface area contributed by atoms with Gasteiger partial charge in [0, 0.05) is 11.1 Å². The quantitative estimate of drug-likeness (QED) is 0.151. The molecule has 2 aliphatic carbocycles. The third kappa shape index (κ3) is 8.95. The van der Waals surface area contributed by atoms with Crippen molar-refractivity contribution in [1.29, 1.82) is 0 Å². The molecule has 2 aliphatic rings. The van der Waals surface area contributed by atoms with Crippen LogP contribution in [0.25, 0.3) is 0 Å². The SMILES string of the molecule is Cc1c(F)c(F)c(COC(=O)[C@@H]2[C@H](/C=C(\Cl)C(F)(F)F)C2(C)C)c(F)c1F.Cc1c(F)c(F)c(COC(=O)[C@H]2[C@@H](/C=C(\Cl)C(F)(F)F)C2(C)C)c(F)c1F. The molecule has 4 atom stereocenters. The van der Waals surface area contributed by atoms with E-state index in [1.807, 2.05) is 0 Å². The zero-order chi connectivity index (χ0) is 41.8. The molecule has 0 heterocycles. The Morgan fingerprint density at radius 3 is 1.02 bits per heavy atom. The standard InChI is InChI=1S/2C17H14ClF7O2/c2*1-6-11(19)13(21)7(14(22)12(6)20)5-27-15(26)10-8(16(10,2)3)4-9(18)17(23,24)25/h2*4,8,10H,5H2,1-3H3/b2*9-4-/t2*8-,10-/m10/s1. The average molecular weight is 837 g/mol. The van der Waals surface area contributed by atoms with Crippen molar-refractivity contribution in [3.63, 3.8) is 0 Å². The van der Waals surface area contributed by atoms with Gasteiger partial charge in [-0.15, -0.1) is 0 Å². The summed E-state index contributed by atoms with van der Waals surface area (Å²) in [5.41, 5.74) is -5.86. The number of esters is 2. The van der Waals surface area contributed by atoms with Crippen LogP contribution in [0.2, 0.25) is 0 Å². The predicted molar refractivity (Wildman–Crippen MR) is 163 cm³/mol. The van der Waals surface area contributed by atoms with Gasteiger partial charge in [0.1, 0.15) is 23.3 Å². The van der Waals surface area contributed by atoms with Crippen LogP contribution in [0, 0.1) is 94.9 Å². The Balaban J connectivity index is 0.000000290. The van der Waals surface area contributed by atoms with E-state index in [4.69, 9.17) is 32.7 Å². The molecule has 4 rings (SSSR count). The monoisotopic (exact) mass is 836 g/mol. The molecule has 0 bridgehead atoms. The first-order chi connectivity index (χ1) is 24.4. The van der Waals surface area contributed by atoms with Crippen LogP contribution in [0.3, 0.4) is 0 Å². The molecule has 0 spiro atoms. The normalized spacial score (nSPS) is 22.0. The van der Waals surface area contributed by atoms with E-state index < -0.39 is 151 Å². The van der Waals surface area contributed by atoms with Gasteiger partial charge in [0.15, 0.2) is 46.5 Å². The van der Waals surface area contributed by atoms with Gasteiger partial charge in [0.05, 0.1) is 23.0 Å². The largest absolute Gasteiger partial charge is 0.460 e. The lowest BCUT2D eigenvalue weighted by molar-refractivity contribution is -0.148. The van der Waals surface area contributed by atoms with Gasteiger partial charge >= 0.3 is 24.3 Å². The lowest BCUT2D eigenvalue weighted by Crippen LogP contribution is -2.14. The minimum atomic E-state index is -4.78. The molecule has 20 heteroatoms. The van der Waals surface area contributed by atoms with Gasteiger partial charge in [-0.25, -0.2) is 35.1 Å². The fraction of sp³-hybridized carbons (Fsp3) is 0.471. The molecule has 54 heavy (non-hydrogen) atoms. The second-order valence-electron chi connectivity index (χ2n) is 13.6. The second-order valence-corrected chi connectivity index (χ2v) is 14.4. The highest BCUT2D eigenvalue weighted by Gasteiger charge is 2.63. The van der Waals surface area contributed by atoms with Crippen LogP contribution in [-0.2, 0) is 32.3 Å². The predicted octanol–water partition coefficient (Wildman–Crippen LogP) is 11.1. The molecule has 2 aromatic carbocycles. The number of hydrogen-bond acceptors (Lipinski definition) is 4. The highest BCUT2D eigenvalue weighted by molar-refractivity contribution is 6.30. The number of benzene rings is 2. The zero-order valence-corrected chi connectivity index (χ0v) is 30.1. The van der Waals surface area contributed by atoms with E-state index in [-0.39, 0.29) is 0 Å². The minimum absolute atomic E-state index is 0.667.